The molecule has 0 unspecified atom stereocenters. The quantitative estimate of drug-likeness (QED) is 0.113. The van der Waals surface area contributed by atoms with E-state index in [9.17, 15) is 14.9 Å². The largest absolute Gasteiger partial charge is 0.490 e. The predicted octanol–water partition coefficient (Wildman–Crippen LogP) is 5.57. The highest BCUT2D eigenvalue weighted by atomic mass is 79.9. The lowest BCUT2D eigenvalue weighted by molar-refractivity contribution is -0.385. The van der Waals surface area contributed by atoms with Crippen LogP contribution in [0.4, 0.5) is 5.69 Å². The average Bonchev–Trinajstić information content (AvgIpc) is 2.87. The van der Waals surface area contributed by atoms with E-state index in [1.54, 1.807) is 37.4 Å². The summed E-state index contributed by atoms with van der Waals surface area (Å²) in [7, 11) is 0. The molecule has 0 amide bonds. The number of nitrogens with zero attached hydrogens (tertiary/aromatic N) is 5. The van der Waals surface area contributed by atoms with Gasteiger partial charge in [-0.2, -0.15) is 9.78 Å². The Hall–Kier alpha value is -4.38. The third-order valence-electron chi connectivity index (χ3n) is 5.25. The van der Waals surface area contributed by atoms with E-state index in [0.717, 1.165) is 16.2 Å². The molecule has 0 radical (unpaired) electrons. The Morgan fingerprint density at radius 3 is 2.73 bits per heavy atom. The number of pyridine rings is 1. The maximum atomic E-state index is 13.1. The summed E-state index contributed by atoms with van der Waals surface area (Å²) in [6.45, 7) is 7.72. The molecule has 0 saturated carbocycles. The molecule has 0 saturated heterocycles. The van der Waals surface area contributed by atoms with Crippen molar-refractivity contribution in [3.8, 4) is 17.4 Å². The van der Waals surface area contributed by atoms with Gasteiger partial charge in [0.05, 0.1) is 28.6 Å². The van der Waals surface area contributed by atoms with E-state index in [1.807, 2.05) is 19.1 Å². The Morgan fingerprint density at radius 2 is 2.05 bits per heavy atom. The third kappa shape index (κ3) is 5.72. The topological polar surface area (TPSA) is 122 Å². The number of aryl methyl sites for hydroxylation is 1. The van der Waals surface area contributed by atoms with Gasteiger partial charge in [-0.25, -0.2) is 9.97 Å². The van der Waals surface area contributed by atoms with Crippen molar-refractivity contribution in [3.63, 3.8) is 0 Å². The molecule has 0 bridgehead atoms. The van der Waals surface area contributed by atoms with Crippen LogP contribution >= 0.6 is 15.9 Å². The predicted molar refractivity (Wildman–Crippen MR) is 144 cm³/mol. The molecule has 4 aromatic rings. The standard InChI is InChI=1S/C26H22BrN5O5/c1-4-6-18-11-17(14-29-31-16(3)30-22-9-7-19(27)13-21(22)26(31)33)12-23(36-5-2)25(18)37-24-10-8-20(15-28-24)32(34)35/h4,7-15H,1,5-6H2,2-3H3. The summed E-state index contributed by atoms with van der Waals surface area (Å²) < 4.78 is 13.8. The van der Waals surface area contributed by atoms with Gasteiger partial charge in [0.2, 0.25) is 5.88 Å². The number of aromatic nitrogens is 3. The highest BCUT2D eigenvalue weighted by Crippen LogP contribution is 2.36. The molecule has 188 valence electrons. The van der Waals surface area contributed by atoms with Crippen molar-refractivity contribution < 1.29 is 14.4 Å². The highest BCUT2D eigenvalue weighted by molar-refractivity contribution is 9.10. The zero-order valence-corrected chi connectivity index (χ0v) is 21.6. The van der Waals surface area contributed by atoms with E-state index >= 15 is 0 Å². The average molecular weight is 564 g/mol. The normalized spacial score (nSPS) is 11.1. The van der Waals surface area contributed by atoms with Crippen molar-refractivity contribution in [2.24, 2.45) is 5.10 Å². The van der Waals surface area contributed by atoms with Crippen molar-refractivity contribution in [2.75, 3.05) is 6.61 Å². The summed E-state index contributed by atoms with van der Waals surface area (Å²) in [6.07, 6.45) is 4.82. The number of rotatable bonds is 9. The molecule has 0 fully saturated rings. The van der Waals surface area contributed by atoms with Gasteiger partial charge in [0, 0.05) is 22.2 Å². The van der Waals surface area contributed by atoms with Crippen LogP contribution in [0.3, 0.4) is 0 Å². The SMILES string of the molecule is C=CCc1cc(C=Nn2c(C)nc3ccc(Br)cc3c2=O)cc(OCC)c1Oc1ccc([N+](=O)[O-])cn1. The molecule has 0 N–H and O–H groups in total. The van der Waals surface area contributed by atoms with Crippen LogP contribution in [0, 0.1) is 17.0 Å². The number of allylic oxidation sites excluding steroid dienone is 1. The van der Waals surface area contributed by atoms with Gasteiger partial charge in [0.1, 0.15) is 12.0 Å². The van der Waals surface area contributed by atoms with Gasteiger partial charge >= 0.3 is 0 Å². The number of halogens is 1. The Kier molecular flexibility index (Phi) is 7.73. The summed E-state index contributed by atoms with van der Waals surface area (Å²) in [5.41, 5.74) is 1.54. The summed E-state index contributed by atoms with van der Waals surface area (Å²) >= 11 is 3.39. The molecule has 0 atom stereocenters. The van der Waals surface area contributed by atoms with Crippen LogP contribution in [0.25, 0.3) is 10.9 Å². The second kappa shape index (κ2) is 11.1. The van der Waals surface area contributed by atoms with E-state index in [-0.39, 0.29) is 17.1 Å². The Bertz CT molecular complexity index is 1580. The molecular formula is C26H22BrN5O5. The lowest BCUT2D eigenvalue weighted by Crippen LogP contribution is -2.20. The van der Waals surface area contributed by atoms with Crippen LogP contribution < -0.4 is 15.0 Å². The minimum Gasteiger partial charge on any atom is -0.490 e. The van der Waals surface area contributed by atoms with Gasteiger partial charge in [-0.15, -0.1) is 6.58 Å². The van der Waals surface area contributed by atoms with Crippen LogP contribution in [0.15, 0.2) is 75.7 Å². The molecule has 2 heterocycles. The van der Waals surface area contributed by atoms with Crippen LogP contribution in [0.5, 0.6) is 17.4 Å². The minimum atomic E-state index is -0.531. The van der Waals surface area contributed by atoms with Crippen LogP contribution in [-0.4, -0.2) is 32.4 Å². The van der Waals surface area contributed by atoms with E-state index < -0.39 is 4.92 Å². The van der Waals surface area contributed by atoms with Gasteiger partial charge in [-0.3, -0.25) is 14.9 Å². The maximum absolute atomic E-state index is 13.1. The zero-order valence-electron chi connectivity index (χ0n) is 20.1. The van der Waals surface area contributed by atoms with E-state index in [1.165, 1.54) is 16.8 Å². The molecule has 0 spiro atoms. The molecule has 2 aromatic heterocycles. The second-order valence-electron chi connectivity index (χ2n) is 7.83. The van der Waals surface area contributed by atoms with E-state index in [0.29, 0.717) is 46.8 Å². The Morgan fingerprint density at radius 1 is 1.24 bits per heavy atom. The minimum absolute atomic E-state index is 0.142. The number of hydrogen-bond acceptors (Lipinski definition) is 8. The van der Waals surface area contributed by atoms with Crippen molar-refractivity contribution in [1.82, 2.24) is 14.6 Å². The number of benzene rings is 2. The Balaban J connectivity index is 1.75. The number of hydrogen-bond donors (Lipinski definition) is 0. The molecule has 0 aliphatic carbocycles. The Labute approximate surface area is 220 Å². The summed E-state index contributed by atoms with van der Waals surface area (Å²) in [6, 6.07) is 11.6. The van der Waals surface area contributed by atoms with Crippen LogP contribution in [0.2, 0.25) is 0 Å². The van der Waals surface area contributed by atoms with E-state index in [2.05, 4.69) is 37.6 Å². The first-order chi connectivity index (χ1) is 17.8. The fourth-order valence-corrected chi connectivity index (χ4v) is 3.97. The number of nitro groups is 1. The van der Waals surface area contributed by atoms with Gasteiger partial charge in [-0.05, 0) is 56.2 Å². The molecule has 11 heteroatoms. The van der Waals surface area contributed by atoms with Crippen LogP contribution in [-0.2, 0) is 6.42 Å². The van der Waals surface area contributed by atoms with Gasteiger partial charge < -0.3 is 9.47 Å². The number of ether oxygens (including phenoxy) is 2. The third-order valence-corrected chi connectivity index (χ3v) is 5.74. The monoisotopic (exact) mass is 563 g/mol. The fourth-order valence-electron chi connectivity index (χ4n) is 3.61. The fraction of sp³-hybridized carbons (Fsp3) is 0.154. The lowest BCUT2D eigenvalue weighted by atomic mass is 10.1. The molecule has 37 heavy (non-hydrogen) atoms. The van der Waals surface area contributed by atoms with Crippen molar-refractivity contribution >= 4 is 38.7 Å². The molecule has 10 nitrogen and oxygen atoms in total. The highest BCUT2D eigenvalue weighted by Gasteiger charge is 2.16. The molecular weight excluding hydrogens is 542 g/mol. The number of fused-ring (bicyclic) bond motifs is 1. The maximum Gasteiger partial charge on any atom is 0.287 e. The van der Waals surface area contributed by atoms with Crippen LogP contribution in [0.1, 0.15) is 23.9 Å². The molecule has 4 rings (SSSR count). The van der Waals surface area contributed by atoms with Gasteiger partial charge in [0.25, 0.3) is 11.2 Å². The van der Waals surface area contributed by atoms with Crippen molar-refractivity contribution in [1.29, 1.82) is 0 Å². The first-order valence-corrected chi connectivity index (χ1v) is 12.0. The van der Waals surface area contributed by atoms with Gasteiger partial charge in [-0.1, -0.05) is 22.0 Å². The molecule has 2 aromatic carbocycles. The lowest BCUT2D eigenvalue weighted by Gasteiger charge is -2.16. The molecule has 0 aliphatic heterocycles. The summed E-state index contributed by atoms with van der Waals surface area (Å²) in [4.78, 5) is 32.0. The van der Waals surface area contributed by atoms with Gasteiger partial charge in [0.15, 0.2) is 11.5 Å². The van der Waals surface area contributed by atoms with Crippen molar-refractivity contribution in [3.05, 3.63) is 103 Å². The van der Waals surface area contributed by atoms with E-state index in [4.69, 9.17) is 9.47 Å². The first-order valence-electron chi connectivity index (χ1n) is 11.2. The smallest absolute Gasteiger partial charge is 0.287 e. The first kappa shape index (κ1) is 25.7. The second-order valence-corrected chi connectivity index (χ2v) is 8.74. The zero-order chi connectivity index (χ0) is 26.5. The summed E-state index contributed by atoms with van der Waals surface area (Å²) in [5, 5.41) is 15.8. The van der Waals surface area contributed by atoms with Crippen molar-refractivity contribution in [2.45, 2.75) is 20.3 Å². The molecule has 0 aliphatic rings. The summed E-state index contributed by atoms with van der Waals surface area (Å²) in [5.74, 6) is 1.45.